The molecule has 0 radical (unpaired) electrons. The Bertz CT molecular complexity index is 389. The van der Waals surface area contributed by atoms with Gasteiger partial charge in [-0.1, -0.05) is 39.1 Å². The van der Waals surface area contributed by atoms with E-state index in [4.69, 9.17) is 0 Å². The van der Waals surface area contributed by atoms with Crippen LogP contribution in [-0.2, 0) is 4.79 Å². The molecule has 1 rings (SSSR count). The molecule has 1 saturated carbocycles. The molecule has 0 bridgehead atoms. The first-order valence-corrected chi connectivity index (χ1v) is 12.1. The van der Waals surface area contributed by atoms with Gasteiger partial charge in [-0.05, 0) is 37.3 Å². The number of hydrogen-bond acceptors (Lipinski definition) is 2. The molecule has 120 valence electrons. The van der Waals surface area contributed by atoms with Crippen molar-refractivity contribution in [2.24, 2.45) is 5.92 Å². The molecule has 2 atom stereocenters. The van der Waals surface area contributed by atoms with Crippen LogP contribution in [0.1, 0.15) is 51.4 Å². The van der Waals surface area contributed by atoms with Crippen LogP contribution in [-0.4, -0.2) is 25.1 Å². The second-order valence-corrected chi connectivity index (χ2v) is 13.2. The molecule has 0 amide bonds. The quantitative estimate of drug-likeness (QED) is 0.420. The number of hydrogen-bond donors (Lipinski definition) is 1. The number of ketones is 1. The highest BCUT2D eigenvalue weighted by atomic mass is 28.3. The van der Waals surface area contributed by atoms with Gasteiger partial charge in [0, 0.05) is 26.8 Å². The van der Waals surface area contributed by atoms with Crippen molar-refractivity contribution in [3.8, 4) is 0 Å². The third-order valence-corrected chi connectivity index (χ3v) is 5.74. The van der Waals surface area contributed by atoms with Gasteiger partial charge in [0.25, 0.3) is 0 Å². The lowest BCUT2D eigenvalue weighted by atomic mass is 9.91. The van der Waals surface area contributed by atoms with E-state index in [1.807, 2.05) is 0 Å². The SMILES string of the molecule is C=C=C(CC(O)CCC1CCCCCC1=O)C[Si](C)(C)C. The van der Waals surface area contributed by atoms with Crippen molar-refractivity contribution in [1.29, 1.82) is 0 Å². The summed E-state index contributed by atoms with van der Waals surface area (Å²) in [5.41, 5.74) is 4.18. The van der Waals surface area contributed by atoms with Crippen LogP contribution in [0, 0.1) is 5.92 Å². The van der Waals surface area contributed by atoms with Crippen LogP contribution in [0.3, 0.4) is 0 Å². The van der Waals surface area contributed by atoms with Crippen molar-refractivity contribution >= 4 is 13.9 Å². The van der Waals surface area contributed by atoms with E-state index >= 15 is 0 Å². The maximum Gasteiger partial charge on any atom is 0.135 e. The Morgan fingerprint density at radius 1 is 1.38 bits per heavy atom. The Balaban J connectivity index is 2.40. The van der Waals surface area contributed by atoms with Crippen LogP contribution in [0.25, 0.3) is 0 Å². The summed E-state index contributed by atoms with van der Waals surface area (Å²) < 4.78 is 0. The third kappa shape index (κ3) is 7.80. The van der Waals surface area contributed by atoms with E-state index in [1.54, 1.807) is 0 Å². The number of aliphatic hydroxyl groups excluding tert-OH is 1. The topological polar surface area (TPSA) is 37.3 Å². The van der Waals surface area contributed by atoms with Gasteiger partial charge >= 0.3 is 0 Å². The van der Waals surface area contributed by atoms with Crippen molar-refractivity contribution in [3.63, 3.8) is 0 Å². The first-order chi connectivity index (χ1) is 9.81. The van der Waals surface area contributed by atoms with Gasteiger partial charge in [-0.2, -0.15) is 0 Å². The molecule has 0 aromatic carbocycles. The van der Waals surface area contributed by atoms with Gasteiger partial charge in [0.05, 0.1) is 6.10 Å². The Labute approximate surface area is 131 Å². The predicted molar refractivity (Wildman–Crippen MR) is 92.2 cm³/mol. The summed E-state index contributed by atoms with van der Waals surface area (Å²) in [5, 5.41) is 10.3. The molecular weight excluding hydrogens is 276 g/mol. The smallest absolute Gasteiger partial charge is 0.135 e. The molecule has 0 spiro atoms. The van der Waals surface area contributed by atoms with Gasteiger partial charge in [-0.3, -0.25) is 4.79 Å². The molecule has 1 aliphatic carbocycles. The molecule has 2 unspecified atom stereocenters. The summed E-state index contributed by atoms with van der Waals surface area (Å²) in [6.45, 7) is 10.7. The van der Waals surface area contributed by atoms with Gasteiger partial charge in [-0.15, -0.1) is 5.73 Å². The minimum absolute atomic E-state index is 0.190. The normalized spacial score (nSPS) is 21.5. The maximum atomic E-state index is 12.0. The van der Waals surface area contributed by atoms with Gasteiger partial charge < -0.3 is 5.11 Å². The number of carbonyl (C=O) groups is 1. The van der Waals surface area contributed by atoms with Crippen LogP contribution in [0.2, 0.25) is 25.7 Å². The summed E-state index contributed by atoms with van der Waals surface area (Å²) in [7, 11) is -1.19. The molecular formula is C18H32O2Si. The highest BCUT2D eigenvalue weighted by Gasteiger charge is 2.22. The molecule has 1 N–H and O–H groups in total. The van der Waals surface area contributed by atoms with Crippen LogP contribution < -0.4 is 0 Å². The maximum absolute atomic E-state index is 12.0. The zero-order chi connectivity index (χ0) is 15.9. The fourth-order valence-corrected chi connectivity index (χ4v) is 4.71. The average molecular weight is 309 g/mol. The van der Waals surface area contributed by atoms with Crippen LogP contribution in [0.5, 0.6) is 0 Å². The number of Topliss-reactive ketones (excluding diaryl/α,β-unsaturated/α-hetero) is 1. The lowest BCUT2D eigenvalue weighted by molar-refractivity contribution is -0.123. The summed E-state index contributed by atoms with van der Waals surface area (Å²) in [5.74, 6) is 0.608. The molecule has 2 nitrogen and oxygen atoms in total. The zero-order valence-corrected chi connectivity index (χ0v) is 15.1. The second-order valence-electron chi connectivity index (χ2n) is 7.72. The minimum Gasteiger partial charge on any atom is -0.393 e. The largest absolute Gasteiger partial charge is 0.393 e. The fourth-order valence-electron chi connectivity index (χ4n) is 3.16. The minimum atomic E-state index is -1.19. The van der Waals surface area contributed by atoms with E-state index in [9.17, 15) is 9.90 Å². The van der Waals surface area contributed by atoms with Crippen molar-refractivity contribution < 1.29 is 9.90 Å². The second kappa shape index (κ2) is 8.72. The number of rotatable bonds is 7. The van der Waals surface area contributed by atoms with E-state index in [-0.39, 0.29) is 12.0 Å². The fraction of sp³-hybridized carbons (Fsp3) is 0.778. The van der Waals surface area contributed by atoms with Crippen LogP contribution in [0.15, 0.2) is 17.9 Å². The van der Waals surface area contributed by atoms with Crippen molar-refractivity contribution in [1.82, 2.24) is 0 Å². The molecule has 0 aliphatic heterocycles. The molecule has 1 fully saturated rings. The van der Waals surface area contributed by atoms with E-state index in [0.717, 1.165) is 43.7 Å². The van der Waals surface area contributed by atoms with Gasteiger partial charge in [-0.25, -0.2) is 0 Å². The van der Waals surface area contributed by atoms with Crippen molar-refractivity contribution in [3.05, 3.63) is 17.9 Å². The molecule has 1 aliphatic rings. The van der Waals surface area contributed by atoms with E-state index in [2.05, 4.69) is 32.0 Å². The summed E-state index contributed by atoms with van der Waals surface area (Å²) >= 11 is 0. The van der Waals surface area contributed by atoms with Crippen molar-refractivity contribution in [2.45, 2.75) is 83.2 Å². The highest BCUT2D eigenvalue weighted by molar-refractivity contribution is 6.76. The summed E-state index contributed by atoms with van der Waals surface area (Å²) in [4.78, 5) is 12.0. The monoisotopic (exact) mass is 308 g/mol. The molecule has 0 heterocycles. The van der Waals surface area contributed by atoms with E-state index in [1.165, 1.54) is 12.8 Å². The van der Waals surface area contributed by atoms with E-state index < -0.39 is 8.07 Å². The van der Waals surface area contributed by atoms with Gasteiger partial charge in [0.1, 0.15) is 5.78 Å². The van der Waals surface area contributed by atoms with Gasteiger partial charge in [0.2, 0.25) is 0 Å². The summed E-state index contributed by atoms with van der Waals surface area (Å²) in [6.07, 6.45) is 7.07. The first-order valence-electron chi connectivity index (χ1n) is 8.40. The molecule has 21 heavy (non-hydrogen) atoms. The van der Waals surface area contributed by atoms with Crippen LogP contribution >= 0.6 is 0 Å². The van der Waals surface area contributed by atoms with E-state index in [0.29, 0.717) is 12.2 Å². The lowest BCUT2D eigenvalue weighted by Gasteiger charge is -2.20. The predicted octanol–water partition coefficient (Wildman–Crippen LogP) is 4.72. The van der Waals surface area contributed by atoms with Gasteiger partial charge in [0.15, 0.2) is 0 Å². The number of aliphatic hydroxyl groups is 1. The molecule has 0 saturated heterocycles. The first kappa shape index (κ1) is 18.4. The third-order valence-electron chi connectivity index (χ3n) is 4.26. The standard InChI is InChI=1S/C18H32O2Si/c1-5-15(14-21(2,3)4)13-17(19)12-11-16-9-7-6-8-10-18(16)20/h16-17,19H,1,6-14H2,2-4H3. The van der Waals surface area contributed by atoms with Crippen molar-refractivity contribution in [2.75, 3.05) is 0 Å². The Morgan fingerprint density at radius 2 is 2.10 bits per heavy atom. The highest BCUT2D eigenvalue weighted by Crippen LogP contribution is 2.26. The Hall–Kier alpha value is -0.633. The average Bonchev–Trinajstić information content (AvgIpc) is 2.58. The molecule has 0 aromatic heterocycles. The lowest BCUT2D eigenvalue weighted by Crippen LogP contribution is -2.22. The zero-order valence-electron chi connectivity index (χ0n) is 14.1. The Morgan fingerprint density at radius 3 is 2.71 bits per heavy atom. The summed E-state index contributed by atoms with van der Waals surface area (Å²) in [6, 6.07) is 1.05. The number of carbonyl (C=O) groups excluding carboxylic acids is 1. The molecule has 0 aromatic rings. The van der Waals surface area contributed by atoms with Crippen LogP contribution in [0.4, 0.5) is 0 Å². The Kier molecular flexibility index (Phi) is 7.65. The molecule has 3 heteroatoms.